The van der Waals surface area contributed by atoms with Crippen molar-refractivity contribution in [3.63, 3.8) is 0 Å². The molecule has 0 amide bonds. The minimum Gasteiger partial charge on any atom is -0.323 e. The average molecular weight is 432 g/mol. The van der Waals surface area contributed by atoms with E-state index in [0.29, 0.717) is 29.3 Å². The number of nitrogens with zero attached hydrogens (tertiary/aromatic N) is 7. The Morgan fingerprint density at radius 2 is 1.97 bits per heavy atom. The lowest BCUT2D eigenvalue weighted by molar-refractivity contribution is -0.0430. The Morgan fingerprint density at radius 1 is 1.19 bits per heavy atom. The van der Waals surface area contributed by atoms with Crippen LogP contribution in [0.1, 0.15) is 45.4 Å². The number of pyridine rings is 1. The molecule has 0 saturated heterocycles. The molecule has 4 aliphatic carbocycles. The van der Waals surface area contributed by atoms with Gasteiger partial charge in [-0.3, -0.25) is 9.13 Å². The number of hydrogen-bond donors (Lipinski definition) is 1. The zero-order chi connectivity index (χ0) is 22.5. The van der Waals surface area contributed by atoms with Gasteiger partial charge in [0.2, 0.25) is 5.95 Å². The predicted molar refractivity (Wildman–Crippen MR) is 120 cm³/mol. The summed E-state index contributed by atoms with van der Waals surface area (Å²) >= 11 is 0. The maximum atomic E-state index is 13.5. The van der Waals surface area contributed by atoms with E-state index >= 15 is 0 Å². The van der Waals surface area contributed by atoms with Crippen molar-refractivity contribution in [3.05, 3.63) is 40.8 Å². The fourth-order valence-electron chi connectivity index (χ4n) is 6.81. The monoisotopic (exact) mass is 431 g/mol. The highest BCUT2D eigenvalue weighted by Gasteiger charge is 2.53. The highest BCUT2D eigenvalue weighted by Crippen LogP contribution is 2.58. The van der Waals surface area contributed by atoms with Gasteiger partial charge in [-0.05, 0) is 74.8 Å². The molecule has 4 bridgehead atoms. The molecule has 1 N–H and O–H groups in total. The Bertz CT molecular complexity index is 1470. The molecule has 0 aromatic carbocycles. The van der Waals surface area contributed by atoms with Crippen LogP contribution in [0.5, 0.6) is 0 Å². The second-order valence-electron chi connectivity index (χ2n) is 10.0. The first-order valence-electron chi connectivity index (χ1n) is 11.9. The van der Waals surface area contributed by atoms with Gasteiger partial charge in [-0.1, -0.05) is 0 Å². The van der Waals surface area contributed by atoms with Gasteiger partial charge >= 0.3 is 5.69 Å². The summed E-state index contributed by atoms with van der Waals surface area (Å²) in [5.41, 5.74) is 3.79. The minimum atomic E-state index is -0.230. The van der Waals surface area contributed by atoms with E-state index in [4.69, 9.17) is 6.35 Å². The lowest BCUT2D eigenvalue weighted by Gasteiger charge is -2.56. The predicted octanol–water partition coefficient (Wildman–Crippen LogP) is 3.15. The maximum Gasteiger partial charge on any atom is 0.330 e. The van der Waals surface area contributed by atoms with Gasteiger partial charge in [-0.25, -0.2) is 19.3 Å². The standard InChI is InChI=1S/C23H26N8O/c1-13-3-19-25-12-26-30(19)11-17(13)27-21-24-10-18-20(28-21)31(22(32)29(18)2)23-7-14-4-15(8-23)6-16(5-14)9-23/h3,10-12,14-16H,4-9H2,1-2H3,(H,24,27,28)/i4D. The van der Waals surface area contributed by atoms with Gasteiger partial charge < -0.3 is 5.32 Å². The molecule has 164 valence electrons. The largest absolute Gasteiger partial charge is 0.330 e. The fourth-order valence-corrected chi connectivity index (χ4v) is 6.81. The summed E-state index contributed by atoms with van der Waals surface area (Å²) in [5.74, 6) is 1.83. The first kappa shape index (κ1) is 17.3. The van der Waals surface area contributed by atoms with Crippen LogP contribution in [0.25, 0.3) is 16.8 Å². The van der Waals surface area contributed by atoms with Crippen LogP contribution in [0, 0.1) is 24.7 Å². The Morgan fingerprint density at radius 3 is 2.78 bits per heavy atom. The van der Waals surface area contributed by atoms with Crippen molar-refractivity contribution in [1.29, 1.82) is 0 Å². The number of imidazole rings is 1. The molecule has 4 aromatic rings. The zero-order valence-corrected chi connectivity index (χ0v) is 18.2. The summed E-state index contributed by atoms with van der Waals surface area (Å²) in [4.78, 5) is 27.1. The van der Waals surface area contributed by atoms with Crippen LogP contribution in [-0.2, 0) is 12.6 Å². The van der Waals surface area contributed by atoms with Crippen molar-refractivity contribution in [1.82, 2.24) is 33.7 Å². The quantitative estimate of drug-likeness (QED) is 0.535. The summed E-state index contributed by atoms with van der Waals surface area (Å²) in [6.07, 6.45) is 10.2. The van der Waals surface area contributed by atoms with Gasteiger partial charge in [-0.15, -0.1) is 0 Å². The molecular formula is C23H26N8O. The number of anilines is 2. The first-order valence-corrected chi connectivity index (χ1v) is 11.4. The number of hydrogen-bond acceptors (Lipinski definition) is 6. The SMILES string of the molecule is [2H]C1C2CC3CC1CC(n1c(=O)n(C)c4cnc(Nc5cn6ncnc6cc5C)nc41)(C3)C2. The summed E-state index contributed by atoms with van der Waals surface area (Å²) in [6.45, 7) is 2.00. The van der Waals surface area contributed by atoms with E-state index in [-0.39, 0.29) is 17.6 Å². The molecule has 0 spiro atoms. The lowest BCUT2D eigenvalue weighted by atomic mass is 9.53. The van der Waals surface area contributed by atoms with E-state index in [1.807, 2.05) is 23.8 Å². The van der Waals surface area contributed by atoms with Gasteiger partial charge in [0.15, 0.2) is 11.3 Å². The van der Waals surface area contributed by atoms with Crippen LogP contribution in [0.2, 0.25) is 0 Å². The van der Waals surface area contributed by atoms with E-state index in [1.54, 1.807) is 22.3 Å². The Hall–Kier alpha value is -3.23. The van der Waals surface area contributed by atoms with E-state index in [9.17, 15) is 4.79 Å². The average Bonchev–Trinajstić information content (AvgIpc) is 3.33. The van der Waals surface area contributed by atoms with Gasteiger partial charge in [0.1, 0.15) is 11.8 Å². The fraction of sp³-hybridized carbons (Fsp3) is 0.522. The molecule has 4 fully saturated rings. The zero-order valence-electron chi connectivity index (χ0n) is 19.2. The van der Waals surface area contributed by atoms with Crippen molar-refractivity contribution in [2.24, 2.45) is 24.8 Å². The van der Waals surface area contributed by atoms with E-state index < -0.39 is 0 Å². The van der Waals surface area contributed by atoms with Crippen LogP contribution >= 0.6 is 0 Å². The van der Waals surface area contributed by atoms with E-state index in [2.05, 4.69) is 20.4 Å². The number of aryl methyl sites for hydroxylation is 2. The molecule has 32 heavy (non-hydrogen) atoms. The molecule has 0 aliphatic heterocycles. The van der Waals surface area contributed by atoms with Crippen molar-refractivity contribution in [3.8, 4) is 0 Å². The van der Waals surface area contributed by atoms with Gasteiger partial charge in [0.05, 0.1) is 23.6 Å². The Balaban J connectivity index is 1.35. The third-order valence-electron chi connectivity index (χ3n) is 7.91. The Labute approximate surface area is 185 Å². The molecule has 9 nitrogen and oxygen atoms in total. The third-order valence-corrected chi connectivity index (χ3v) is 7.91. The highest BCUT2D eigenvalue weighted by atomic mass is 16.2. The van der Waals surface area contributed by atoms with Crippen LogP contribution in [-0.4, -0.2) is 33.7 Å². The van der Waals surface area contributed by atoms with Crippen LogP contribution in [0.4, 0.5) is 11.6 Å². The molecule has 0 radical (unpaired) electrons. The number of fused-ring (bicyclic) bond motifs is 2. The van der Waals surface area contributed by atoms with E-state index in [0.717, 1.165) is 54.5 Å². The molecule has 4 heterocycles. The molecule has 4 saturated carbocycles. The number of nitrogens with one attached hydrogen (secondary N) is 1. The van der Waals surface area contributed by atoms with Gasteiger partial charge in [0.25, 0.3) is 0 Å². The maximum absolute atomic E-state index is 13.5. The van der Waals surface area contributed by atoms with Crippen LogP contribution in [0.3, 0.4) is 0 Å². The normalized spacial score (nSPS) is 31.5. The number of aromatic nitrogens is 7. The summed E-state index contributed by atoms with van der Waals surface area (Å²) in [7, 11) is 1.80. The summed E-state index contributed by atoms with van der Waals surface area (Å²) < 4.78 is 14.0. The summed E-state index contributed by atoms with van der Waals surface area (Å²) in [6, 6.07) is 1.96. The minimum absolute atomic E-state index is 0.0156. The second-order valence-corrected chi connectivity index (χ2v) is 10.0. The lowest BCUT2D eigenvalue weighted by Crippen LogP contribution is -2.54. The number of rotatable bonds is 3. The van der Waals surface area contributed by atoms with Crippen molar-refractivity contribution < 1.29 is 1.37 Å². The molecule has 2 atom stereocenters. The van der Waals surface area contributed by atoms with Crippen molar-refractivity contribution in [2.45, 2.75) is 51.0 Å². The van der Waals surface area contributed by atoms with Crippen molar-refractivity contribution in [2.75, 3.05) is 5.32 Å². The Kier molecular flexibility index (Phi) is 3.35. The third kappa shape index (κ3) is 2.47. The molecule has 4 aromatic heterocycles. The van der Waals surface area contributed by atoms with Crippen molar-refractivity contribution >= 4 is 28.4 Å². The van der Waals surface area contributed by atoms with Crippen LogP contribution in [0.15, 0.2) is 29.6 Å². The van der Waals surface area contributed by atoms with Crippen LogP contribution < -0.4 is 11.0 Å². The second kappa shape index (κ2) is 6.17. The molecular weight excluding hydrogens is 404 g/mol. The summed E-state index contributed by atoms with van der Waals surface area (Å²) in [5, 5.41) is 7.53. The topological polar surface area (TPSA) is 94.9 Å². The van der Waals surface area contributed by atoms with Gasteiger partial charge in [-0.2, -0.15) is 10.1 Å². The molecule has 8 rings (SSSR count). The molecule has 9 heteroatoms. The highest BCUT2D eigenvalue weighted by molar-refractivity contribution is 5.73. The van der Waals surface area contributed by atoms with Gasteiger partial charge in [0, 0.05) is 8.42 Å². The molecule has 2 unspecified atom stereocenters. The molecule has 4 aliphatic rings. The van der Waals surface area contributed by atoms with E-state index in [1.165, 1.54) is 6.33 Å². The first-order chi connectivity index (χ1) is 15.9. The smallest absolute Gasteiger partial charge is 0.323 e.